The van der Waals surface area contributed by atoms with Gasteiger partial charge in [0.15, 0.2) is 5.60 Å². The summed E-state index contributed by atoms with van der Waals surface area (Å²) >= 11 is 0. The van der Waals surface area contributed by atoms with Gasteiger partial charge in [-0.25, -0.2) is 9.59 Å². The van der Waals surface area contributed by atoms with E-state index in [1.54, 1.807) is 27.7 Å². The summed E-state index contributed by atoms with van der Waals surface area (Å²) in [6, 6.07) is 0. The van der Waals surface area contributed by atoms with Crippen molar-refractivity contribution in [2.75, 3.05) is 26.9 Å². The highest BCUT2D eigenvalue weighted by Crippen LogP contribution is 2.17. The van der Waals surface area contributed by atoms with E-state index < -0.39 is 35.9 Å². The Balaban J connectivity index is 4.40. The van der Waals surface area contributed by atoms with Crippen molar-refractivity contribution in [2.45, 2.75) is 71.9 Å². The van der Waals surface area contributed by atoms with Crippen molar-refractivity contribution in [3.63, 3.8) is 0 Å². The lowest BCUT2D eigenvalue weighted by Crippen LogP contribution is -2.42. The highest BCUT2D eigenvalue weighted by Gasteiger charge is 2.34. The molecule has 0 saturated heterocycles. The molecule has 3 unspecified atom stereocenters. The second-order valence-electron chi connectivity index (χ2n) is 6.60. The van der Waals surface area contributed by atoms with Crippen LogP contribution in [0.5, 0.6) is 0 Å². The molecule has 0 aromatic carbocycles. The van der Waals surface area contributed by atoms with Crippen LogP contribution in [0.15, 0.2) is 0 Å². The molecule has 9 heteroatoms. The molecule has 0 amide bonds. The van der Waals surface area contributed by atoms with Crippen LogP contribution in [0, 0.1) is 0 Å². The lowest BCUT2D eigenvalue weighted by Gasteiger charge is -2.28. The van der Waals surface area contributed by atoms with E-state index in [-0.39, 0.29) is 25.9 Å². The van der Waals surface area contributed by atoms with Crippen LogP contribution >= 0.6 is 0 Å². The third-order valence-corrected chi connectivity index (χ3v) is 3.47. The first-order chi connectivity index (χ1) is 12.5. The zero-order valence-electron chi connectivity index (χ0n) is 17.2. The number of methoxy groups -OCH3 is 1. The Bertz CT molecular complexity index is 475. The number of hydrogen-bond donors (Lipinski definition) is 0. The Hall–Kier alpha value is -1.87. The second-order valence-corrected chi connectivity index (χ2v) is 6.60. The van der Waals surface area contributed by atoms with Crippen LogP contribution in [-0.2, 0) is 38.0 Å². The lowest BCUT2D eigenvalue weighted by molar-refractivity contribution is -0.180. The standard InChI is InChI=1S/C18H32O9/c1-8-15(11-25-17(21)26-13(3)10-23-14(4)19)27-18(5,6)16(20)24-9-12(2)22-7/h12-13,15H,8-11H2,1-7H3. The van der Waals surface area contributed by atoms with E-state index in [0.29, 0.717) is 6.42 Å². The van der Waals surface area contributed by atoms with Crippen molar-refractivity contribution in [3.05, 3.63) is 0 Å². The molecule has 0 aromatic rings. The number of carbonyl (C=O) groups excluding carboxylic acids is 3. The van der Waals surface area contributed by atoms with Gasteiger partial charge in [-0.2, -0.15) is 0 Å². The fraction of sp³-hybridized carbons (Fsp3) is 0.833. The van der Waals surface area contributed by atoms with Crippen LogP contribution in [0.1, 0.15) is 48.0 Å². The highest BCUT2D eigenvalue weighted by atomic mass is 16.7. The summed E-state index contributed by atoms with van der Waals surface area (Å²) in [5.41, 5.74) is -1.22. The number of hydrogen-bond acceptors (Lipinski definition) is 9. The molecule has 9 nitrogen and oxygen atoms in total. The molecule has 0 fully saturated rings. The molecule has 0 aliphatic carbocycles. The first kappa shape index (κ1) is 25.1. The van der Waals surface area contributed by atoms with Crippen LogP contribution in [-0.4, -0.2) is 68.9 Å². The molecule has 27 heavy (non-hydrogen) atoms. The maximum absolute atomic E-state index is 12.2. The molecule has 0 saturated carbocycles. The van der Waals surface area contributed by atoms with E-state index in [1.807, 2.05) is 6.92 Å². The van der Waals surface area contributed by atoms with Crippen molar-refractivity contribution in [2.24, 2.45) is 0 Å². The Kier molecular flexibility index (Phi) is 11.6. The molecule has 0 N–H and O–H groups in total. The molecule has 0 bridgehead atoms. The monoisotopic (exact) mass is 392 g/mol. The average Bonchev–Trinajstić information content (AvgIpc) is 2.60. The molecule has 0 radical (unpaired) electrons. The largest absolute Gasteiger partial charge is 0.508 e. The molecular weight excluding hydrogens is 360 g/mol. The molecule has 0 rings (SSSR count). The first-order valence-corrected chi connectivity index (χ1v) is 8.86. The Morgan fingerprint density at radius 1 is 0.926 bits per heavy atom. The third kappa shape index (κ3) is 11.4. The number of rotatable bonds is 12. The first-order valence-electron chi connectivity index (χ1n) is 8.86. The van der Waals surface area contributed by atoms with E-state index >= 15 is 0 Å². The number of ether oxygens (including phenoxy) is 6. The van der Waals surface area contributed by atoms with Gasteiger partial charge in [-0.05, 0) is 34.1 Å². The van der Waals surface area contributed by atoms with E-state index in [0.717, 1.165) is 0 Å². The second kappa shape index (κ2) is 12.5. The van der Waals surface area contributed by atoms with Gasteiger partial charge in [-0.3, -0.25) is 4.79 Å². The zero-order chi connectivity index (χ0) is 21.0. The van der Waals surface area contributed by atoms with Gasteiger partial charge in [0.2, 0.25) is 0 Å². The summed E-state index contributed by atoms with van der Waals surface area (Å²) < 4.78 is 30.6. The van der Waals surface area contributed by atoms with Crippen LogP contribution < -0.4 is 0 Å². The van der Waals surface area contributed by atoms with Gasteiger partial charge in [0, 0.05) is 14.0 Å². The maximum atomic E-state index is 12.2. The fourth-order valence-electron chi connectivity index (χ4n) is 1.76. The minimum absolute atomic E-state index is 0.0586. The predicted molar refractivity (Wildman–Crippen MR) is 95.2 cm³/mol. The normalized spacial score (nSPS) is 14.6. The van der Waals surface area contributed by atoms with Crippen molar-refractivity contribution in [3.8, 4) is 0 Å². The molecule has 0 aliphatic rings. The molecular formula is C18H32O9. The zero-order valence-corrected chi connectivity index (χ0v) is 17.2. The summed E-state index contributed by atoms with van der Waals surface area (Å²) in [5.74, 6) is -1.00. The lowest BCUT2D eigenvalue weighted by atomic mass is 10.1. The fourth-order valence-corrected chi connectivity index (χ4v) is 1.76. The Morgan fingerprint density at radius 3 is 2.04 bits per heavy atom. The minimum atomic E-state index is -1.22. The highest BCUT2D eigenvalue weighted by molar-refractivity contribution is 5.78. The smallest absolute Gasteiger partial charge is 0.462 e. The van der Waals surface area contributed by atoms with E-state index in [9.17, 15) is 14.4 Å². The van der Waals surface area contributed by atoms with E-state index in [1.165, 1.54) is 14.0 Å². The molecule has 0 aliphatic heterocycles. The topological polar surface area (TPSA) is 107 Å². The SMILES string of the molecule is CCC(COC(=O)OC(C)COC(C)=O)OC(C)(C)C(=O)OCC(C)OC. The van der Waals surface area contributed by atoms with Gasteiger partial charge in [0.1, 0.15) is 25.9 Å². The molecule has 0 spiro atoms. The minimum Gasteiger partial charge on any atom is -0.462 e. The number of esters is 2. The van der Waals surface area contributed by atoms with Crippen molar-refractivity contribution in [1.29, 1.82) is 0 Å². The molecule has 0 aromatic heterocycles. The predicted octanol–water partition coefficient (Wildman–Crippen LogP) is 2.24. The van der Waals surface area contributed by atoms with Crippen molar-refractivity contribution in [1.82, 2.24) is 0 Å². The van der Waals surface area contributed by atoms with Crippen LogP contribution in [0.2, 0.25) is 0 Å². The van der Waals surface area contributed by atoms with Gasteiger partial charge >= 0.3 is 18.1 Å². The number of carbonyl (C=O) groups is 3. The van der Waals surface area contributed by atoms with Crippen LogP contribution in [0.25, 0.3) is 0 Å². The summed E-state index contributed by atoms with van der Waals surface area (Å²) in [6.45, 7) is 9.55. The molecule has 158 valence electrons. The maximum Gasteiger partial charge on any atom is 0.508 e. The van der Waals surface area contributed by atoms with E-state index in [2.05, 4.69) is 0 Å². The Labute approximate surface area is 160 Å². The van der Waals surface area contributed by atoms with Gasteiger partial charge in [-0.15, -0.1) is 0 Å². The average molecular weight is 392 g/mol. The van der Waals surface area contributed by atoms with Gasteiger partial charge < -0.3 is 28.4 Å². The van der Waals surface area contributed by atoms with Crippen LogP contribution in [0.4, 0.5) is 4.79 Å². The third-order valence-electron chi connectivity index (χ3n) is 3.47. The van der Waals surface area contributed by atoms with E-state index in [4.69, 9.17) is 28.4 Å². The summed E-state index contributed by atoms with van der Waals surface area (Å²) in [5, 5.41) is 0. The van der Waals surface area contributed by atoms with Gasteiger partial charge in [-0.1, -0.05) is 6.92 Å². The van der Waals surface area contributed by atoms with Gasteiger partial charge in [0.05, 0.1) is 12.2 Å². The Morgan fingerprint density at radius 2 is 1.52 bits per heavy atom. The summed E-state index contributed by atoms with van der Waals surface area (Å²) in [6.07, 6.45) is -1.80. The summed E-state index contributed by atoms with van der Waals surface area (Å²) in [7, 11) is 1.52. The molecule has 0 heterocycles. The quantitative estimate of drug-likeness (QED) is 0.365. The van der Waals surface area contributed by atoms with Crippen molar-refractivity contribution < 1.29 is 42.8 Å². The van der Waals surface area contributed by atoms with Crippen molar-refractivity contribution >= 4 is 18.1 Å². The van der Waals surface area contributed by atoms with Gasteiger partial charge in [0.25, 0.3) is 0 Å². The molecule has 3 atom stereocenters. The summed E-state index contributed by atoms with van der Waals surface area (Å²) in [4.78, 5) is 34.6. The van der Waals surface area contributed by atoms with Crippen LogP contribution in [0.3, 0.4) is 0 Å².